The molecule has 0 aromatic heterocycles. The van der Waals surface area contributed by atoms with E-state index in [2.05, 4.69) is 10.9 Å². The third kappa shape index (κ3) is 6.06. The van der Waals surface area contributed by atoms with Gasteiger partial charge in [-0.05, 0) is 48.9 Å². The molecule has 2 rings (SSSR count). The Hall–Kier alpha value is -2.57. The van der Waals surface area contributed by atoms with Crippen molar-refractivity contribution >= 4 is 41.1 Å². The molecule has 2 aromatic rings. The van der Waals surface area contributed by atoms with E-state index in [9.17, 15) is 14.0 Å². The molecule has 0 aliphatic heterocycles. The Labute approximate surface area is 159 Å². The molecule has 0 bridgehead atoms. The number of carbonyl (C=O) groups is 2. The van der Waals surface area contributed by atoms with Crippen LogP contribution in [0, 0.1) is 5.82 Å². The Kier molecular flexibility index (Phi) is 7.00. The molecule has 2 amide bonds. The van der Waals surface area contributed by atoms with Crippen LogP contribution in [-0.4, -0.2) is 17.9 Å². The van der Waals surface area contributed by atoms with Crippen molar-refractivity contribution in [2.24, 2.45) is 0 Å². The van der Waals surface area contributed by atoms with Gasteiger partial charge in [0, 0.05) is 11.1 Å². The number of hydrazine groups is 1. The van der Waals surface area contributed by atoms with Crippen molar-refractivity contribution in [1.82, 2.24) is 10.9 Å². The summed E-state index contributed by atoms with van der Waals surface area (Å²) in [6, 6.07) is 10.2. The van der Waals surface area contributed by atoms with Crippen molar-refractivity contribution in [1.29, 1.82) is 0 Å². The van der Waals surface area contributed by atoms with Crippen LogP contribution >= 0.6 is 23.2 Å². The van der Waals surface area contributed by atoms with Crippen LogP contribution < -0.4 is 15.6 Å². The van der Waals surface area contributed by atoms with Crippen LogP contribution in [0.3, 0.4) is 0 Å². The summed E-state index contributed by atoms with van der Waals surface area (Å²) in [4.78, 5) is 23.7. The van der Waals surface area contributed by atoms with Crippen LogP contribution in [0.5, 0.6) is 5.75 Å². The molecule has 0 spiro atoms. The highest BCUT2D eigenvalue weighted by atomic mass is 35.5. The third-order valence-electron chi connectivity index (χ3n) is 3.17. The van der Waals surface area contributed by atoms with Gasteiger partial charge in [-0.25, -0.2) is 4.39 Å². The number of benzene rings is 2. The van der Waals surface area contributed by atoms with Gasteiger partial charge in [-0.2, -0.15) is 0 Å². The lowest BCUT2D eigenvalue weighted by atomic mass is 10.2. The van der Waals surface area contributed by atoms with Crippen molar-refractivity contribution in [2.45, 2.75) is 13.0 Å². The Morgan fingerprint density at radius 3 is 2.46 bits per heavy atom. The van der Waals surface area contributed by atoms with E-state index in [1.807, 2.05) is 0 Å². The molecule has 0 radical (unpaired) electrons. The van der Waals surface area contributed by atoms with Crippen LogP contribution in [0.1, 0.15) is 12.5 Å². The topological polar surface area (TPSA) is 67.4 Å². The average Bonchev–Trinajstić information content (AvgIpc) is 2.61. The van der Waals surface area contributed by atoms with Gasteiger partial charge in [0.1, 0.15) is 11.6 Å². The van der Waals surface area contributed by atoms with E-state index < -0.39 is 17.9 Å². The smallest absolute Gasteiger partial charge is 0.279 e. The highest BCUT2D eigenvalue weighted by molar-refractivity contribution is 6.35. The molecular formula is C18H15Cl2FN2O3. The lowest BCUT2D eigenvalue weighted by Crippen LogP contribution is -2.46. The van der Waals surface area contributed by atoms with Crippen molar-refractivity contribution < 1.29 is 18.7 Å². The van der Waals surface area contributed by atoms with Gasteiger partial charge in [0.25, 0.3) is 11.8 Å². The van der Waals surface area contributed by atoms with E-state index in [1.54, 1.807) is 12.1 Å². The number of rotatable bonds is 5. The molecule has 0 aliphatic rings. The van der Waals surface area contributed by atoms with Crippen molar-refractivity contribution in [2.75, 3.05) is 0 Å². The highest BCUT2D eigenvalue weighted by Gasteiger charge is 2.16. The SMILES string of the molecule is CC(Oc1ccc(Cl)cc1Cl)C(=O)NNC(=O)C=Cc1ccc(F)cc1. The molecule has 1 unspecified atom stereocenters. The number of ether oxygens (including phenoxy) is 1. The zero-order chi connectivity index (χ0) is 19.1. The van der Waals surface area contributed by atoms with Gasteiger partial charge < -0.3 is 4.74 Å². The second-order valence-electron chi connectivity index (χ2n) is 5.20. The van der Waals surface area contributed by atoms with Gasteiger partial charge >= 0.3 is 0 Å². The first-order valence-corrected chi connectivity index (χ1v) is 8.26. The van der Waals surface area contributed by atoms with Crippen LogP contribution in [0.4, 0.5) is 4.39 Å². The molecule has 1 atom stereocenters. The summed E-state index contributed by atoms with van der Waals surface area (Å²) in [5, 5.41) is 0.711. The van der Waals surface area contributed by atoms with E-state index in [4.69, 9.17) is 27.9 Å². The van der Waals surface area contributed by atoms with Gasteiger partial charge in [0.2, 0.25) is 0 Å². The minimum Gasteiger partial charge on any atom is -0.479 e. The molecular weight excluding hydrogens is 382 g/mol. The van der Waals surface area contributed by atoms with Crippen LogP contribution in [-0.2, 0) is 9.59 Å². The number of halogens is 3. The van der Waals surface area contributed by atoms with Crippen molar-refractivity contribution in [3.8, 4) is 5.75 Å². The summed E-state index contributed by atoms with van der Waals surface area (Å²) in [6.07, 6.45) is 1.78. The van der Waals surface area contributed by atoms with Gasteiger partial charge in [-0.15, -0.1) is 0 Å². The van der Waals surface area contributed by atoms with E-state index in [-0.39, 0.29) is 10.8 Å². The molecule has 0 fully saturated rings. The minimum absolute atomic E-state index is 0.267. The molecule has 0 heterocycles. The van der Waals surface area contributed by atoms with Gasteiger partial charge in [-0.3, -0.25) is 20.4 Å². The third-order valence-corrected chi connectivity index (χ3v) is 3.70. The molecule has 0 aliphatic carbocycles. The van der Waals surface area contributed by atoms with Crippen molar-refractivity contribution in [3.63, 3.8) is 0 Å². The fourth-order valence-electron chi connectivity index (χ4n) is 1.83. The predicted octanol–water partition coefficient (Wildman–Crippen LogP) is 3.76. The normalized spacial score (nSPS) is 11.8. The summed E-state index contributed by atoms with van der Waals surface area (Å²) in [7, 11) is 0. The summed E-state index contributed by atoms with van der Waals surface area (Å²) in [5.74, 6) is -1.20. The molecule has 5 nitrogen and oxygen atoms in total. The van der Waals surface area contributed by atoms with Gasteiger partial charge in [0.05, 0.1) is 5.02 Å². The zero-order valence-corrected chi connectivity index (χ0v) is 15.1. The van der Waals surface area contributed by atoms with Crippen LogP contribution in [0.25, 0.3) is 6.08 Å². The molecule has 2 N–H and O–H groups in total. The largest absolute Gasteiger partial charge is 0.479 e. The summed E-state index contributed by atoms with van der Waals surface area (Å²) >= 11 is 11.8. The maximum absolute atomic E-state index is 12.8. The first kappa shape index (κ1) is 19.8. The van der Waals surface area contributed by atoms with Crippen LogP contribution in [0.15, 0.2) is 48.5 Å². The second kappa shape index (κ2) is 9.22. The Morgan fingerprint density at radius 1 is 1.12 bits per heavy atom. The Balaban J connectivity index is 1.83. The van der Waals surface area contributed by atoms with Gasteiger partial charge in [-0.1, -0.05) is 35.3 Å². The number of carbonyl (C=O) groups excluding carboxylic acids is 2. The fraction of sp³-hybridized carbons (Fsp3) is 0.111. The maximum Gasteiger partial charge on any atom is 0.279 e. The standard InChI is InChI=1S/C18H15Cl2FN2O3/c1-11(26-16-8-5-13(19)10-15(16)20)18(25)23-22-17(24)9-4-12-2-6-14(21)7-3-12/h2-11H,1H3,(H,22,24)(H,23,25). The Morgan fingerprint density at radius 2 is 1.81 bits per heavy atom. The van der Waals surface area contributed by atoms with E-state index in [0.717, 1.165) is 0 Å². The monoisotopic (exact) mass is 396 g/mol. The van der Waals surface area contributed by atoms with E-state index >= 15 is 0 Å². The highest BCUT2D eigenvalue weighted by Crippen LogP contribution is 2.28. The van der Waals surface area contributed by atoms with E-state index in [1.165, 1.54) is 49.4 Å². The molecule has 2 aromatic carbocycles. The predicted molar refractivity (Wildman–Crippen MR) is 98.3 cm³/mol. The second-order valence-corrected chi connectivity index (χ2v) is 6.04. The van der Waals surface area contributed by atoms with E-state index in [0.29, 0.717) is 16.3 Å². The van der Waals surface area contributed by atoms with Crippen LogP contribution in [0.2, 0.25) is 10.0 Å². The number of amides is 2. The Bertz CT molecular complexity index is 826. The molecule has 136 valence electrons. The maximum atomic E-state index is 12.8. The fourth-order valence-corrected chi connectivity index (χ4v) is 2.28. The number of hydrogen-bond donors (Lipinski definition) is 2. The molecule has 26 heavy (non-hydrogen) atoms. The lowest BCUT2D eigenvalue weighted by molar-refractivity contribution is -0.131. The summed E-state index contributed by atoms with van der Waals surface area (Å²) in [6.45, 7) is 1.50. The number of hydrogen-bond acceptors (Lipinski definition) is 3. The lowest BCUT2D eigenvalue weighted by Gasteiger charge is -2.15. The first-order valence-electron chi connectivity index (χ1n) is 7.50. The number of nitrogens with one attached hydrogen (secondary N) is 2. The molecule has 0 saturated carbocycles. The quantitative estimate of drug-likeness (QED) is 0.597. The average molecular weight is 397 g/mol. The molecule has 8 heteroatoms. The first-order chi connectivity index (χ1) is 12.3. The van der Waals surface area contributed by atoms with Crippen molar-refractivity contribution in [3.05, 3.63) is 70.0 Å². The minimum atomic E-state index is -0.907. The summed E-state index contributed by atoms with van der Waals surface area (Å²) < 4.78 is 18.2. The molecule has 0 saturated heterocycles. The van der Waals surface area contributed by atoms with Gasteiger partial charge in [0.15, 0.2) is 6.10 Å². The summed E-state index contributed by atoms with van der Waals surface area (Å²) in [5.41, 5.74) is 5.10. The zero-order valence-electron chi connectivity index (χ0n) is 13.6.